The van der Waals surface area contributed by atoms with Crippen LogP contribution in [0.1, 0.15) is 13.3 Å². The molecule has 18 heavy (non-hydrogen) atoms. The van der Waals surface area contributed by atoms with Crippen molar-refractivity contribution in [3.05, 3.63) is 10.7 Å². The number of anilines is 1. The summed E-state index contributed by atoms with van der Waals surface area (Å²) in [6.45, 7) is 4.46. The standard InChI is InChI=1S/C12H19BrN4O/c1-8-7-17(2)5-4-10(8)15-12-14-6-9(13)11(16-12)18-3/h6,8,10H,4-5,7H2,1-3H3,(H,14,15,16). The number of piperidine rings is 1. The molecule has 0 spiro atoms. The quantitative estimate of drug-likeness (QED) is 0.924. The molecular weight excluding hydrogens is 296 g/mol. The average Bonchev–Trinajstić information content (AvgIpc) is 2.35. The predicted octanol–water partition coefficient (Wildman–Crippen LogP) is 2.00. The van der Waals surface area contributed by atoms with Crippen molar-refractivity contribution in [2.45, 2.75) is 19.4 Å². The largest absolute Gasteiger partial charge is 0.480 e. The maximum atomic E-state index is 5.17. The van der Waals surface area contributed by atoms with Gasteiger partial charge in [0.05, 0.1) is 17.8 Å². The van der Waals surface area contributed by atoms with Gasteiger partial charge in [-0.1, -0.05) is 6.92 Å². The van der Waals surface area contributed by atoms with Crippen LogP contribution in [0.25, 0.3) is 0 Å². The van der Waals surface area contributed by atoms with Crippen LogP contribution >= 0.6 is 15.9 Å². The summed E-state index contributed by atoms with van der Waals surface area (Å²) in [4.78, 5) is 11.0. The van der Waals surface area contributed by atoms with Crippen molar-refractivity contribution in [1.29, 1.82) is 0 Å². The maximum Gasteiger partial charge on any atom is 0.232 e. The van der Waals surface area contributed by atoms with E-state index in [1.165, 1.54) is 0 Å². The van der Waals surface area contributed by atoms with E-state index in [9.17, 15) is 0 Å². The number of hydrogen-bond acceptors (Lipinski definition) is 5. The van der Waals surface area contributed by atoms with Crippen molar-refractivity contribution in [3.8, 4) is 5.88 Å². The summed E-state index contributed by atoms with van der Waals surface area (Å²) < 4.78 is 5.94. The van der Waals surface area contributed by atoms with E-state index in [2.05, 4.69) is 50.1 Å². The van der Waals surface area contributed by atoms with Gasteiger partial charge < -0.3 is 15.0 Å². The molecule has 6 heteroatoms. The highest BCUT2D eigenvalue weighted by Gasteiger charge is 2.24. The van der Waals surface area contributed by atoms with Gasteiger partial charge in [-0.25, -0.2) is 4.98 Å². The van der Waals surface area contributed by atoms with Crippen molar-refractivity contribution in [1.82, 2.24) is 14.9 Å². The third kappa shape index (κ3) is 3.11. The van der Waals surface area contributed by atoms with Gasteiger partial charge in [-0.05, 0) is 41.9 Å². The third-order valence-electron chi connectivity index (χ3n) is 3.33. The van der Waals surface area contributed by atoms with Gasteiger partial charge in [-0.3, -0.25) is 0 Å². The van der Waals surface area contributed by atoms with Gasteiger partial charge in [0.1, 0.15) is 0 Å². The second-order valence-electron chi connectivity index (χ2n) is 4.83. The molecular formula is C12H19BrN4O. The van der Waals surface area contributed by atoms with Crippen LogP contribution in [0.2, 0.25) is 0 Å². The lowest BCUT2D eigenvalue weighted by Gasteiger charge is -2.35. The second kappa shape index (κ2) is 5.84. The molecule has 0 saturated carbocycles. The summed E-state index contributed by atoms with van der Waals surface area (Å²) in [5.74, 6) is 1.78. The first-order chi connectivity index (χ1) is 8.60. The molecule has 1 fully saturated rings. The average molecular weight is 315 g/mol. The molecule has 2 heterocycles. The van der Waals surface area contributed by atoms with Gasteiger partial charge >= 0.3 is 0 Å². The van der Waals surface area contributed by atoms with E-state index in [1.54, 1.807) is 13.3 Å². The number of halogens is 1. The molecule has 100 valence electrons. The zero-order valence-electron chi connectivity index (χ0n) is 11.0. The van der Waals surface area contributed by atoms with Gasteiger partial charge in [0, 0.05) is 12.6 Å². The van der Waals surface area contributed by atoms with Gasteiger partial charge in [-0.2, -0.15) is 4.98 Å². The van der Waals surface area contributed by atoms with Crippen LogP contribution in [0.3, 0.4) is 0 Å². The van der Waals surface area contributed by atoms with E-state index in [1.807, 2.05) is 0 Å². The summed E-state index contributed by atoms with van der Waals surface area (Å²) in [5.41, 5.74) is 0. The van der Waals surface area contributed by atoms with E-state index < -0.39 is 0 Å². The fraction of sp³-hybridized carbons (Fsp3) is 0.667. The number of rotatable bonds is 3. The van der Waals surface area contributed by atoms with E-state index in [0.717, 1.165) is 24.0 Å². The summed E-state index contributed by atoms with van der Waals surface area (Å²) in [6.07, 6.45) is 2.83. The highest BCUT2D eigenvalue weighted by Crippen LogP contribution is 2.24. The Morgan fingerprint density at radius 2 is 2.33 bits per heavy atom. The molecule has 0 bridgehead atoms. The summed E-state index contributed by atoms with van der Waals surface area (Å²) >= 11 is 3.35. The first kappa shape index (κ1) is 13.5. The highest BCUT2D eigenvalue weighted by atomic mass is 79.9. The van der Waals surface area contributed by atoms with Crippen LogP contribution in [0.4, 0.5) is 5.95 Å². The zero-order chi connectivity index (χ0) is 13.1. The van der Waals surface area contributed by atoms with Crippen LogP contribution in [-0.4, -0.2) is 48.2 Å². The number of nitrogens with one attached hydrogen (secondary N) is 1. The molecule has 1 aromatic rings. The Balaban J connectivity index is 2.05. The Morgan fingerprint density at radius 1 is 1.56 bits per heavy atom. The molecule has 2 atom stereocenters. The van der Waals surface area contributed by atoms with Crippen molar-refractivity contribution >= 4 is 21.9 Å². The minimum Gasteiger partial charge on any atom is -0.480 e. The molecule has 1 N–H and O–H groups in total. The maximum absolute atomic E-state index is 5.17. The lowest BCUT2D eigenvalue weighted by Crippen LogP contribution is -2.43. The van der Waals surface area contributed by atoms with E-state index >= 15 is 0 Å². The van der Waals surface area contributed by atoms with Crippen molar-refractivity contribution < 1.29 is 4.74 Å². The normalized spacial score (nSPS) is 24.9. The van der Waals surface area contributed by atoms with Gasteiger partial charge in [0.15, 0.2) is 0 Å². The Labute approximate surface area is 116 Å². The second-order valence-corrected chi connectivity index (χ2v) is 5.68. The summed E-state index contributed by atoms with van der Waals surface area (Å²) in [5, 5.41) is 3.40. The van der Waals surface area contributed by atoms with Gasteiger partial charge in [-0.15, -0.1) is 0 Å². The molecule has 0 aliphatic carbocycles. The lowest BCUT2D eigenvalue weighted by atomic mass is 9.94. The summed E-state index contributed by atoms with van der Waals surface area (Å²) in [6, 6.07) is 0.423. The molecule has 0 radical (unpaired) electrons. The van der Waals surface area contributed by atoms with Crippen LogP contribution in [0.5, 0.6) is 5.88 Å². The molecule has 1 aliphatic heterocycles. The number of methoxy groups -OCH3 is 1. The number of nitrogens with zero attached hydrogens (tertiary/aromatic N) is 3. The molecule has 1 aromatic heterocycles. The molecule has 1 saturated heterocycles. The van der Waals surface area contributed by atoms with Crippen LogP contribution in [0, 0.1) is 5.92 Å². The minimum absolute atomic E-state index is 0.423. The molecule has 0 aromatic carbocycles. The van der Waals surface area contributed by atoms with Crippen molar-refractivity contribution in [3.63, 3.8) is 0 Å². The van der Waals surface area contributed by atoms with Crippen molar-refractivity contribution in [2.24, 2.45) is 5.92 Å². The van der Waals surface area contributed by atoms with E-state index in [-0.39, 0.29) is 0 Å². The molecule has 5 nitrogen and oxygen atoms in total. The summed E-state index contributed by atoms with van der Waals surface area (Å²) in [7, 11) is 3.76. The topological polar surface area (TPSA) is 50.3 Å². The molecule has 0 amide bonds. The number of aromatic nitrogens is 2. The van der Waals surface area contributed by atoms with E-state index in [4.69, 9.17) is 4.74 Å². The SMILES string of the molecule is COc1nc(NC2CCN(C)CC2C)ncc1Br. The number of hydrogen-bond donors (Lipinski definition) is 1. The first-order valence-corrected chi connectivity index (χ1v) is 6.91. The van der Waals surface area contributed by atoms with Gasteiger partial charge in [0.25, 0.3) is 0 Å². The smallest absolute Gasteiger partial charge is 0.232 e. The Morgan fingerprint density at radius 3 is 3.00 bits per heavy atom. The third-order valence-corrected chi connectivity index (χ3v) is 3.87. The van der Waals surface area contributed by atoms with E-state index in [0.29, 0.717) is 23.8 Å². The molecule has 1 aliphatic rings. The van der Waals surface area contributed by atoms with Crippen molar-refractivity contribution in [2.75, 3.05) is 32.6 Å². The predicted molar refractivity (Wildman–Crippen MR) is 75.0 cm³/mol. The van der Waals surface area contributed by atoms with Crippen LogP contribution in [-0.2, 0) is 0 Å². The van der Waals surface area contributed by atoms with Crippen LogP contribution < -0.4 is 10.1 Å². The zero-order valence-corrected chi connectivity index (χ0v) is 12.6. The minimum atomic E-state index is 0.423. The molecule has 2 rings (SSSR count). The van der Waals surface area contributed by atoms with Crippen LogP contribution in [0.15, 0.2) is 10.7 Å². The monoisotopic (exact) mass is 314 g/mol. The van der Waals surface area contributed by atoms with Gasteiger partial charge in [0.2, 0.25) is 11.8 Å². The highest BCUT2D eigenvalue weighted by molar-refractivity contribution is 9.10. The Hall–Kier alpha value is -0.880. The Bertz CT molecular complexity index is 415. The fourth-order valence-corrected chi connectivity index (χ4v) is 2.65. The fourth-order valence-electron chi connectivity index (χ4n) is 2.30. The number of likely N-dealkylation sites (tertiary alicyclic amines) is 1. The molecule has 2 unspecified atom stereocenters. The number of ether oxygens (including phenoxy) is 1. The Kier molecular flexibility index (Phi) is 4.40. The lowest BCUT2D eigenvalue weighted by molar-refractivity contribution is 0.205. The first-order valence-electron chi connectivity index (χ1n) is 6.11.